The molecule has 0 atom stereocenters. The third kappa shape index (κ3) is 4.98. The summed E-state index contributed by atoms with van der Waals surface area (Å²) in [4.78, 5) is 30.2. The molecule has 0 unspecified atom stereocenters. The second kappa shape index (κ2) is 9.30. The van der Waals surface area contributed by atoms with Crippen molar-refractivity contribution in [2.45, 2.75) is 0 Å². The highest BCUT2D eigenvalue weighted by atomic mass is 19.1. The van der Waals surface area contributed by atoms with Gasteiger partial charge in [0, 0.05) is 37.4 Å². The van der Waals surface area contributed by atoms with Gasteiger partial charge in [0.15, 0.2) is 11.6 Å². The van der Waals surface area contributed by atoms with Gasteiger partial charge in [0.25, 0.3) is 11.8 Å². The van der Waals surface area contributed by atoms with E-state index in [-0.39, 0.29) is 29.7 Å². The molecule has 2 heterocycles. The molecule has 3 rings (SSSR count). The van der Waals surface area contributed by atoms with Crippen LogP contribution >= 0.6 is 0 Å². The maximum atomic E-state index is 14.2. The summed E-state index contributed by atoms with van der Waals surface area (Å²) < 4.78 is 19.4. The van der Waals surface area contributed by atoms with Crippen molar-refractivity contribution in [2.75, 3.05) is 50.0 Å². The third-order valence-corrected chi connectivity index (χ3v) is 4.35. The molecule has 1 aromatic heterocycles. The van der Waals surface area contributed by atoms with Crippen molar-refractivity contribution in [1.29, 1.82) is 0 Å². The molecule has 1 aromatic carbocycles. The summed E-state index contributed by atoms with van der Waals surface area (Å²) in [5.74, 6) is -1.64. The first-order valence-corrected chi connectivity index (χ1v) is 9.18. The molecule has 6 N–H and O–H groups in total. The van der Waals surface area contributed by atoms with Crippen molar-refractivity contribution in [1.82, 2.24) is 9.88 Å². The highest BCUT2D eigenvalue weighted by Gasteiger charge is 2.20. The number of carbonyl (C=O) groups excluding carboxylic acids is 2. The van der Waals surface area contributed by atoms with Crippen molar-refractivity contribution in [3.63, 3.8) is 0 Å². The lowest BCUT2D eigenvalue weighted by Gasteiger charge is -2.27. The van der Waals surface area contributed by atoms with Gasteiger partial charge in [-0.2, -0.15) is 0 Å². The standard InChI is InChI=1S/C19H23FN6O3/c20-15-11-14(16(22)27)17(25-18(15)23-5-4-21)24-13-3-1-2-12(10-13)19(28)26-6-8-29-9-7-26/h1-3,10-11H,4-9,21H2,(H2,22,27)(H2,23,24,25). The molecule has 154 valence electrons. The fraction of sp³-hybridized carbons (Fsp3) is 0.316. The summed E-state index contributed by atoms with van der Waals surface area (Å²) in [6.07, 6.45) is 0. The molecular formula is C19H23FN6O3. The highest BCUT2D eigenvalue weighted by molar-refractivity contribution is 5.99. The summed E-state index contributed by atoms with van der Waals surface area (Å²) >= 11 is 0. The van der Waals surface area contributed by atoms with E-state index < -0.39 is 11.7 Å². The largest absolute Gasteiger partial charge is 0.378 e. The number of anilines is 3. The number of rotatable bonds is 7. The van der Waals surface area contributed by atoms with Crippen LogP contribution in [0, 0.1) is 5.82 Å². The van der Waals surface area contributed by atoms with Crippen LogP contribution in [0.25, 0.3) is 0 Å². The van der Waals surface area contributed by atoms with Crippen LogP contribution in [0.5, 0.6) is 0 Å². The molecule has 0 radical (unpaired) electrons. The predicted octanol–water partition coefficient (Wildman–Crippen LogP) is 0.906. The molecule has 0 bridgehead atoms. The van der Waals surface area contributed by atoms with Gasteiger partial charge in [-0.1, -0.05) is 6.07 Å². The van der Waals surface area contributed by atoms with Gasteiger partial charge < -0.3 is 31.7 Å². The van der Waals surface area contributed by atoms with Gasteiger partial charge >= 0.3 is 0 Å². The van der Waals surface area contributed by atoms with E-state index in [9.17, 15) is 14.0 Å². The van der Waals surface area contributed by atoms with E-state index in [1.54, 1.807) is 29.2 Å². The number of nitrogens with two attached hydrogens (primary N) is 2. The number of nitrogens with one attached hydrogen (secondary N) is 2. The van der Waals surface area contributed by atoms with Crippen molar-refractivity contribution >= 4 is 29.1 Å². The lowest BCUT2D eigenvalue weighted by molar-refractivity contribution is 0.0303. The molecule has 0 spiro atoms. The van der Waals surface area contributed by atoms with Crippen LogP contribution in [-0.2, 0) is 4.74 Å². The fourth-order valence-corrected chi connectivity index (χ4v) is 2.90. The average molecular weight is 402 g/mol. The maximum absolute atomic E-state index is 14.2. The lowest BCUT2D eigenvalue weighted by atomic mass is 10.1. The van der Waals surface area contributed by atoms with Crippen LogP contribution < -0.4 is 22.1 Å². The summed E-state index contributed by atoms with van der Waals surface area (Å²) in [5.41, 5.74) is 11.7. The number of hydrogen-bond acceptors (Lipinski definition) is 7. The Balaban J connectivity index is 1.87. The van der Waals surface area contributed by atoms with Crippen LogP contribution in [0.4, 0.5) is 21.7 Å². The Hall–Kier alpha value is -3.24. The average Bonchev–Trinajstić information content (AvgIpc) is 2.74. The Labute approximate surface area is 167 Å². The molecule has 9 nitrogen and oxygen atoms in total. The zero-order valence-electron chi connectivity index (χ0n) is 15.8. The number of hydrogen-bond donors (Lipinski definition) is 4. The van der Waals surface area contributed by atoms with E-state index >= 15 is 0 Å². The summed E-state index contributed by atoms with van der Waals surface area (Å²) in [5, 5.41) is 5.70. The van der Waals surface area contributed by atoms with Gasteiger partial charge in [0.2, 0.25) is 0 Å². The summed E-state index contributed by atoms with van der Waals surface area (Å²) in [6, 6.07) is 7.76. The van der Waals surface area contributed by atoms with Crippen LogP contribution in [0.15, 0.2) is 30.3 Å². The van der Waals surface area contributed by atoms with Gasteiger partial charge in [-0.25, -0.2) is 9.37 Å². The zero-order valence-corrected chi connectivity index (χ0v) is 15.8. The molecular weight excluding hydrogens is 379 g/mol. The van der Waals surface area contributed by atoms with E-state index in [0.717, 1.165) is 6.07 Å². The van der Waals surface area contributed by atoms with Crippen LogP contribution in [0.2, 0.25) is 0 Å². The van der Waals surface area contributed by atoms with Gasteiger partial charge in [-0.3, -0.25) is 9.59 Å². The molecule has 29 heavy (non-hydrogen) atoms. The minimum Gasteiger partial charge on any atom is -0.378 e. The van der Waals surface area contributed by atoms with Crippen molar-refractivity contribution in [3.8, 4) is 0 Å². The van der Waals surface area contributed by atoms with Crippen molar-refractivity contribution < 1.29 is 18.7 Å². The van der Waals surface area contributed by atoms with Gasteiger partial charge in [-0.05, 0) is 24.3 Å². The molecule has 1 fully saturated rings. The monoisotopic (exact) mass is 402 g/mol. The number of aromatic nitrogens is 1. The fourth-order valence-electron chi connectivity index (χ4n) is 2.90. The van der Waals surface area contributed by atoms with E-state index in [2.05, 4.69) is 15.6 Å². The number of primary amides is 1. The number of amides is 2. The Morgan fingerprint density at radius 3 is 2.66 bits per heavy atom. The highest BCUT2D eigenvalue weighted by Crippen LogP contribution is 2.24. The van der Waals surface area contributed by atoms with Crippen LogP contribution in [-0.4, -0.2) is 61.1 Å². The summed E-state index contributed by atoms with van der Waals surface area (Å²) in [6.45, 7) is 2.65. The number of carbonyl (C=O) groups is 2. The molecule has 0 saturated carbocycles. The second-order valence-corrected chi connectivity index (χ2v) is 6.41. The second-order valence-electron chi connectivity index (χ2n) is 6.41. The Bertz CT molecular complexity index is 902. The summed E-state index contributed by atoms with van der Waals surface area (Å²) in [7, 11) is 0. The zero-order chi connectivity index (χ0) is 20.8. The number of nitrogens with zero attached hydrogens (tertiary/aromatic N) is 2. The molecule has 1 aliphatic rings. The first-order chi connectivity index (χ1) is 14.0. The topological polar surface area (TPSA) is 136 Å². The van der Waals surface area contributed by atoms with E-state index in [0.29, 0.717) is 44.1 Å². The lowest BCUT2D eigenvalue weighted by Crippen LogP contribution is -2.40. The van der Waals surface area contributed by atoms with Gasteiger partial charge in [0.1, 0.15) is 5.82 Å². The number of pyridine rings is 1. The molecule has 2 aromatic rings. The number of halogens is 1. The molecule has 1 saturated heterocycles. The van der Waals surface area contributed by atoms with Crippen LogP contribution in [0.1, 0.15) is 20.7 Å². The molecule has 1 aliphatic heterocycles. The minimum absolute atomic E-state index is 0.0523. The third-order valence-electron chi connectivity index (χ3n) is 4.35. The number of morpholine rings is 1. The van der Waals surface area contributed by atoms with E-state index in [1.807, 2.05) is 0 Å². The van der Waals surface area contributed by atoms with E-state index in [1.165, 1.54) is 0 Å². The molecule has 0 aliphatic carbocycles. The van der Waals surface area contributed by atoms with E-state index in [4.69, 9.17) is 16.2 Å². The number of benzene rings is 1. The van der Waals surface area contributed by atoms with Crippen LogP contribution in [0.3, 0.4) is 0 Å². The van der Waals surface area contributed by atoms with Crippen molar-refractivity contribution in [3.05, 3.63) is 47.3 Å². The first kappa shape index (κ1) is 20.5. The smallest absolute Gasteiger partial charge is 0.254 e. The molecule has 2 amide bonds. The predicted molar refractivity (Wildman–Crippen MR) is 107 cm³/mol. The SMILES string of the molecule is NCCNc1nc(Nc2cccc(C(=O)N3CCOCC3)c2)c(C(N)=O)cc1F. The number of ether oxygens (including phenoxy) is 1. The maximum Gasteiger partial charge on any atom is 0.254 e. The Kier molecular flexibility index (Phi) is 6.57. The Morgan fingerprint density at radius 1 is 1.21 bits per heavy atom. The van der Waals surface area contributed by atoms with Gasteiger partial charge in [0.05, 0.1) is 18.8 Å². The van der Waals surface area contributed by atoms with Crippen molar-refractivity contribution in [2.24, 2.45) is 11.5 Å². The normalized spacial score (nSPS) is 13.8. The minimum atomic E-state index is -0.829. The Morgan fingerprint density at radius 2 is 1.97 bits per heavy atom. The quantitative estimate of drug-likeness (QED) is 0.540. The first-order valence-electron chi connectivity index (χ1n) is 9.18. The van der Waals surface area contributed by atoms with Gasteiger partial charge in [-0.15, -0.1) is 0 Å². The molecule has 10 heteroatoms.